The summed E-state index contributed by atoms with van der Waals surface area (Å²) in [5, 5.41) is 2.62. The lowest BCUT2D eigenvalue weighted by Gasteiger charge is -2.32. The predicted octanol–water partition coefficient (Wildman–Crippen LogP) is 7.69. The highest BCUT2D eigenvalue weighted by Gasteiger charge is 2.51. The van der Waals surface area contributed by atoms with E-state index in [4.69, 9.17) is 9.31 Å². The van der Waals surface area contributed by atoms with E-state index in [1.54, 1.807) is 0 Å². The highest BCUT2D eigenvalue weighted by atomic mass is 32.1. The molecule has 4 aromatic carbocycles. The predicted molar refractivity (Wildman–Crippen MR) is 146 cm³/mol. The molecule has 2 nitrogen and oxygen atoms in total. The molecule has 1 aromatic heterocycles. The maximum absolute atomic E-state index is 6.45. The molecule has 1 aliphatic rings. The van der Waals surface area contributed by atoms with Crippen LogP contribution in [0.3, 0.4) is 0 Å². The molecule has 168 valence electrons. The van der Waals surface area contributed by atoms with Gasteiger partial charge in [-0.25, -0.2) is 0 Å². The number of thiophene rings is 1. The summed E-state index contributed by atoms with van der Waals surface area (Å²) in [7, 11) is -0.411. The first-order chi connectivity index (χ1) is 16.3. The van der Waals surface area contributed by atoms with Gasteiger partial charge in [0.25, 0.3) is 0 Å². The van der Waals surface area contributed by atoms with E-state index in [2.05, 4.69) is 119 Å². The van der Waals surface area contributed by atoms with E-state index in [0.717, 1.165) is 5.46 Å². The van der Waals surface area contributed by atoms with Crippen molar-refractivity contribution in [2.24, 2.45) is 0 Å². The maximum Gasteiger partial charge on any atom is 0.494 e. The molecule has 34 heavy (non-hydrogen) atoms. The Kier molecular flexibility index (Phi) is 4.96. The molecule has 0 N–H and O–H groups in total. The zero-order valence-electron chi connectivity index (χ0n) is 20.0. The number of hydrogen-bond acceptors (Lipinski definition) is 3. The molecule has 0 saturated carbocycles. The second-order valence-corrected chi connectivity index (χ2v) is 11.2. The highest BCUT2D eigenvalue weighted by Crippen LogP contribution is 2.41. The normalized spacial score (nSPS) is 17.0. The lowest BCUT2D eigenvalue weighted by Crippen LogP contribution is -2.41. The first-order valence-electron chi connectivity index (χ1n) is 11.8. The van der Waals surface area contributed by atoms with Gasteiger partial charge >= 0.3 is 7.12 Å². The first-order valence-corrected chi connectivity index (χ1v) is 12.6. The van der Waals surface area contributed by atoms with Crippen LogP contribution in [0.25, 0.3) is 42.4 Å². The van der Waals surface area contributed by atoms with Gasteiger partial charge in [-0.3, -0.25) is 0 Å². The van der Waals surface area contributed by atoms with Gasteiger partial charge in [0.1, 0.15) is 0 Å². The molecule has 1 aliphatic heterocycles. The third-order valence-electron chi connectivity index (χ3n) is 7.30. The largest absolute Gasteiger partial charge is 0.494 e. The van der Waals surface area contributed by atoms with Crippen molar-refractivity contribution in [3.8, 4) is 22.3 Å². The van der Waals surface area contributed by atoms with E-state index < -0.39 is 7.12 Å². The topological polar surface area (TPSA) is 18.5 Å². The fourth-order valence-electron chi connectivity index (χ4n) is 4.73. The Morgan fingerprint density at radius 1 is 0.618 bits per heavy atom. The quantitative estimate of drug-likeness (QED) is 0.256. The molecule has 1 saturated heterocycles. The summed E-state index contributed by atoms with van der Waals surface area (Å²) in [6.07, 6.45) is 0. The first kappa shape index (κ1) is 21.6. The number of benzene rings is 4. The van der Waals surface area contributed by atoms with Crippen LogP contribution in [0.5, 0.6) is 0 Å². The van der Waals surface area contributed by atoms with Crippen LogP contribution >= 0.6 is 11.3 Å². The molecule has 0 spiro atoms. The van der Waals surface area contributed by atoms with Gasteiger partial charge in [0, 0.05) is 20.2 Å². The van der Waals surface area contributed by atoms with E-state index in [1.165, 1.54) is 42.4 Å². The summed E-state index contributed by atoms with van der Waals surface area (Å²) in [5.74, 6) is 0. The molecule has 2 heterocycles. The molecule has 1 fully saturated rings. The molecule has 0 atom stereocenters. The molecule has 0 amide bonds. The summed E-state index contributed by atoms with van der Waals surface area (Å²) in [6, 6.07) is 32.6. The van der Waals surface area contributed by atoms with Crippen LogP contribution in [0.1, 0.15) is 27.7 Å². The van der Waals surface area contributed by atoms with Crippen molar-refractivity contribution in [1.29, 1.82) is 0 Å². The van der Waals surface area contributed by atoms with Crippen LogP contribution < -0.4 is 5.46 Å². The summed E-state index contributed by atoms with van der Waals surface area (Å²) in [6.45, 7) is 8.42. The molecular formula is C30H27BO2S. The zero-order valence-corrected chi connectivity index (χ0v) is 20.8. The van der Waals surface area contributed by atoms with Gasteiger partial charge in [0.15, 0.2) is 0 Å². The van der Waals surface area contributed by atoms with Crippen molar-refractivity contribution in [3.05, 3.63) is 91.0 Å². The average molecular weight is 462 g/mol. The van der Waals surface area contributed by atoms with Gasteiger partial charge < -0.3 is 9.31 Å². The summed E-state index contributed by atoms with van der Waals surface area (Å²) < 4.78 is 15.5. The third kappa shape index (κ3) is 3.49. The minimum absolute atomic E-state index is 0.385. The van der Waals surface area contributed by atoms with Crippen molar-refractivity contribution in [2.45, 2.75) is 38.9 Å². The minimum atomic E-state index is -0.411. The Morgan fingerprint density at radius 2 is 1.26 bits per heavy atom. The van der Waals surface area contributed by atoms with Crippen LogP contribution in [-0.2, 0) is 9.31 Å². The van der Waals surface area contributed by atoms with E-state index in [0.29, 0.717) is 0 Å². The molecule has 0 bridgehead atoms. The van der Waals surface area contributed by atoms with Crippen molar-refractivity contribution in [3.63, 3.8) is 0 Å². The van der Waals surface area contributed by atoms with Crippen molar-refractivity contribution in [2.75, 3.05) is 0 Å². The maximum atomic E-state index is 6.45. The molecule has 0 radical (unpaired) electrons. The van der Waals surface area contributed by atoms with E-state index in [9.17, 15) is 0 Å². The van der Waals surface area contributed by atoms with Crippen LogP contribution in [0.15, 0.2) is 91.0 Å². The van der Waals surface area contributed by atoms with Gasteiger partial charge in [-0.2, -0.15) is 0 Å². The SMILES string of the molecule is CC1(C)OB(c2cc(-c3ccccc3)cc(-c3cccc4sc5ccccc5c34)c2)OC1(C)C. The van der Waals surface area contributed by atoms with Crippen LogP contribution in [0.2, 0.25) is 0 Å². The molecule has 0 aliphatic carbocycles. The Labute approximate surface area is 205 Å². The van der Waals surface area contributed by atoms with Gasteiger partial charge in [-0.15, -0.1) is 11.3 Å². The third-order valence-corrected chi connectivity index (χ3v) is 8.44. The number of hydrogen-bond donors (Lipinski definition) is 0. The van der Waals surface area contributed by atoms with Crippen molar-refractivity contribution < 1.29 is 9.31 Å². The standard InChI is InChI=1S/C30H27BO2S/c1-29(2)30(3,4)33-31(32-29)23-18-21(20-11-6-5-7-12-20)17-22(19-23)24-14-10-16-27-28(24)25-13-8-9-15-26(25)34-27/h5-19H,1-4H3. The van der Waals surface area contributed by atoms with Crippen molar-refractivity contribution >= 4 is 44.1 Å². The molecular weight excluding hydrogens is 435 g/mol. The smallest absolute Gasteiger partial charge is 0.399 e. The van der Waals surface area contributed by atoms with Crippen LogP contribution in [0, 0.1) is 0 Å². The van der Waals surface area contributed by atoms with Crippen LogP contribution in [-0.4, -0.2) is 18.3 Å². The molecule has 4 heteroatoms. The van der Waals surface area contributed by atoms with Gasteiger partial charge in [0.2, 0.25) is 0 Å². The lowest BCUT2D eigenvalue weighted by atomic mass is 9.76. The summed E-state index contributed by atoms with van der Waals surface area (Å²) >= 11 is 1.85. The fourth-order valence-corrected chi connectivity index (χ4v) is 5.87. The zero-order chi connectivity index (χ0) is 23.5. The Hall–Kier alpha value is -2.92. The van der Waals surface area contributed by atoms with Crippen molar-refractivity contribution in [1.82, 2.24) is 0 Å². The Balaban J connectivity index is 1.58. The molecule has 0 unspecified atom stereocenters. The summed E-state index contributed by atoms with van der Waals surface area (Å²) in [5.41, 5.74) is 5.05. The highest BCUT2D eigenvalue weighted by molar-refractivity contribution is 7.25. The second kappa shape index (κ2) is 7.81. The molecule has 5 aromatic rings. The average Bonchev–Trinajstić information content (AvgIpc) is 3.32. The number of fused-ring (bicyclic) bond motifs is 3. The summed E-state index contributed by atoms with van der Waals surface area (Å²) in [4.78, 5) is 0. The fraction of sp³-hybridized carbons (Fsp3) is 0.200. The van der Waals surface area contributed by atoms with Crippen LogP contribution in [0.4, 0.5) is 0 Å². The minimum Gasteiger partial charge on any atom is -0.399 e. The molecule has 6 rings (SSSR count). The Bertz CT molecular complexity index is 1500. The van der Waals surface area contributed by atoms with E-state index >= 15 is 0 Å². The van der Waals surface area contributed by atoms with Gasteiger partial charge in [-0.1, -0.05) is 72.8 Å². The second-order valence-electron chi connectivity index (χ2n) is 10.1. The van der Waals surface area contributed by atoms with E-state index in [-0.39, 0.29) is 11.2 Å². The van der Waals surface area contributed by atoms with Gasteiger partial charge in [-0.05, 0) is 73.6 Å². The lowest BCUT2D eigenvalue weighted by molar-refractivity contribution is 0.00578. The number of rotatable bonds is 3. The van der Waals surface area contributed by atoms with E-state index in [1.807, 2.05) is 11.3 Å². The van der Waals surface area contributed by atoms with Gasteiger partial charge in [0.05, 0.1) is 11.2 Å². The Morgan fingerprint density at radius 3 is 2.03 bits per heavy atom. The monoisotopic (exact) mass is 462 g/mol.